The van der Waals surface area contributed by atoms with E-state index in [2.05, 4.69) is 22.2 Å². The molecular formula is C22H21FN4O. The molecule has 0 saturated carbocycles. The first kappa shape index (κ1) is 18.0. The van der Waals surface area contributed by atoms with Crippen molar-refractivity contribution in [1.82, 2.24) is 14.4 Å². The third-order valence-corrected chi connectivity index (χ3v) is 4.41. The van der Waals surface area contributed by atoms with Gasteiger partial charge in [-0.25, -0.2) is 14.4 Å². The van der Waals surface area contributed by atoms with E-state index in [-0.39, 0.29) is 5.82 Å². The number of imidazole rings is 1. The van der Waals surface area contributed by atoms with Crippen molar-refractivity contribution in [3.63, 3.8) is 0 Å². The Labute approximate surface area is 162 Å². The lowest BCUT2D eigenvalue weighted by Crippen LogP contribution is -1.98. The van der Waals surface area contributed by atoms with E-state index in [4.69, 9.17) is 4.74 Å². The molecule has 0 saturated heterocycles. The molecule has 0 amide bonds. The van der Waals surface area contributed by atoms with E-state index < -0.39 is 0 Å². The largest absolute Gasteiger partial charge is 0.494 e. The molecule has 4 aromatic rings. The highest BCUT2D eigenvalue weighted by Crippen LogP contribution is 2.31. The SMILES string of the molecule is CCCCOc1ccc(-c2nc3ncccn3c2Nc2ccc(F)cc2)cc1. The predicted octanol–water partition coefficient (Wildman–Crippen LogP) is 5.46. The van der Waals surface area contributed by atoms with Crippen LogP contribution in [0.2, 0.25) is 0 Å². The van der Waals surface area contributed by atoms with Crippen molar-refractivity contribution in [2.45, 2.75) is 19.8 Å². The molecule has 28 heavy (non-hydrogen) atoms. The number of fused-ring (bicyclic) bond motifs is 1. The van der Waals surface area contributed by atoms with Gasteiger partial charge >= 0.3 is 0 Å². The van der Waals surface area contributed by atoms with Crippen LogP contribution in [0.15, 0.2) is 67.0 Å². The number of rotatable bonds is 7. The van der Waals surface area contributed by atoms with Gasteiger partial charge in [0.15, 0.2) is 0 Å². The highest BCUT2D eigenvalue weighted by atomic mass is 19.1. The fraction of sp³-hybridized carbons (Fsp3) is 0.182. The second-order valence-corrected chi connectivity index (χ2v) is 6.46. The molecule has 5 nitrogen and oxygen atoms in total. The van der Waals surface area contributed by atoms with Crippen LogP contribution < -0.4 is 10.1 Å². The number of halogens is 1. The molecule has 2 heterocycles. The summed E-state index contributed by atoms with van der Waals surface area (Å²) in [6.45, 7) is 2.85. The maximum absolute atomic E-state index is 13.2. The number of anilines is 2. The maximum Gasteiger partial charge on any atom is 0.235 e. The van der Waals surface area contributed by atoms with Crippen LogP contribution in [0.3, 0.4) is 0 Å². The molecule has 4 rings (SSSR count). The summed E-state index contributed by atoms with van der Waals surface area (Å²) in [5, 5.41) is 3.34. The number of ether oxygens (including phenoxy) is 1. The summed E-state index contributed by atoms with van der Waals surface area (Å²) >= 11 is 0. The molecule has 0 aliphatic carbocycles. The normalized spacial score (nSPS) is 10.9. The number of nitrogens with one attached hydrogen (secondary N) is 1. The predicted molar refractivity (Wildman–Crippen MR) is 109 cm³/mol. The van der Waals surface area contributed by atoms with Gasteiger partial charge in [-0.3, -0.25) is 4.40 Å². The van der Waals surface area contributed by atoms with E-state index in [1.54, 1.807) is 18.3 Å². The topological polar surface area (TPSA) is 51.5 Å². The van der Waals surface area contributed by atoms with Gasteiger partial charge in [-0.05, 0) is 61.0 Å². The maximum atomic E-state index is 13.2. The van der Waals surface area contributed by atoms with Crippen molar-refractivity contribution < 1.29 is 9.13 Å². The summed E-state index contributed by atoms with van der Waals surface area (Å²) in [5.41, 5.74) is 2.48. The van der Waals surface area contributed by atoms with Crippen LogP contribution in [-0.2, 0) is 0 Å². The van der Waals surface area contributed by atoms with Crippen molar-refractivity contribution in [3.05, 3.63) is 72.8 Å². The highest BCUT2D eigenvalue weighted by Gasteiger charge is 2.15. The standard InChI is InChI=1S/C22H21FN4O/c1-2-3-15-28-19-11-5-16(6-12-19)20-21(25-18-9-7-17(23)8-10-18)27-14-4-13-24-22(27)26-20/h4-14,25H,2-3,15H2,1H3. The first-order chi connectivity index (χ1) is 13.7. The van der Waals surface area contributed by atoms with Crippen LogP contribution in [0.25, 0.3) is 17.0 Å². The molecule has 0 unspecified atom stereocenters. The summed E-state index contributed by atoms with van der Waals surface area (Å²) < 4.78 is 20.9. The van der Waals surface area contributed by atoms with Crippen molar-refractivity contribution in [3.8, 4) is 17.0 Å². The molecule has 0 fully saturated rings. The van der Waals surface area contributed by atoms with E-state index in [1.807, 2.05) is 40.9 Å². The van der Waals surface area contributed by atoms with Crippen LogP contribution in [0.5, 0.6) is 5.75 Å². The summed E-state index contributed by atoms with van der Waals surface area (Å²) in [6, 6.07) is 15.9. The quantitative estimate of drug-likeness (QED) is 0.435. The summed E-state index contributed by atoms with van der Waals surface area (Å²) in [5.74, 6) is 1.93. The van der Waals surface area contributed by atoms with Crippen LogP contribution in [0.1, 0.15) is 19.8 Å². The first-order valence-corrected chi connectivity index (χ1v) is 9.33. The third kappa shape index (κ3) is 3.81. The average molecular weight is 376 g/mol. The Balaban J connectivity index is 1.69. The minimum Gasteiger partial charge on any atom is -0.494 e. The van der Waals surface area contributed by atoms with Gasteiger partial charge in [-0.2, -0.15) is 0 Å². The second kappa shape index (κ2) is 8.08. The van der Waals surface area contributed by atoms with Crippen LogP contribution in [0.4, 0.5) is 15.9 Å². The lowest BCUT2D eigenvalue weighted by molar-refractivity contribution is 0.309. The van der Waals surface area contributed by atoms with Crippen molar-refractivity contribution in [2.24, 2.45) is 0 Å². The zero-order valence-corrected chi connectivity index (χ0v) is 15.6. The summed E-state index contributed by atoms with van der Waals surface area (Å²) in [4.78, 5) is 9.01. The number of hydrogen-bond donors (Lipinski definition) is 1. The molecule has 1 N–H and O–H groups in total. The summed E-state index contributed by atoms with van der Waals surface area (Å²) in [6.07, 6.45) is 5.74. The minimum absolute atomic E-state index is 0.274. The van der Waals surface area contributed by atoms with E-state index in [1.165, 1.54) is 12.1 Å². The van der Waals surface area contributed by atoms with Gasteiger partial charge in [0.05, 0.1) is 6.61 Å². The van der Waals surface area contributed by atoms with E-state index in [0.29, 0.717) is 12.4 Å². The molecule has 2 aromatic carbocycles. The average Bonchev–Trinajstić information content (AvgIpc) is 3.09. The van der Waals surface area contributed by atoms with E-state index in [9.17, 15) is 4.39 Å². The third-order valence-electron chi connectivity index (χ3n) is 4.41. The Bertz CT molecular complexity index is 1060. The van der Waals surface area contributed by atoms with E-state index in [0.717, 1.165) is 41.4 Å². The molecule has 142 valence electrons. The Morgan fingerprint density at radius 3 is 2.61 bits per heavy atom. The molecule has 0 bridgehead atoms. The van der Waals surface area contributed by atoms with Crippen molar-refractivity contribution >= 4 is 17.3 Å². The molecule has 0 aliphatic heterocycles. The smallest absolute Gasteiger partial charge is 0.235 e. The monoisotopic (exact) mass is 376 g/mol. The minimum atomic E-state index is -0.274. The zero-order valence-electron chi connectivity index (χ0n) is 15.6. The number of aromatic nitrogens is 3. The number of benzene rings is 2. The molecule has 2 aromatic heterocycles. The van der Waals surface area contributed by atoms with Gasteiger partial charge in [0.25, 0.3) is 0 Å². The molecule has 0 radical (unpaired) electrons. The van der Waals surface area contributed by atoms with Gasteiger partial charge < -0.3 is 10.1 Å². The first-order valence-electron chi connectivity index (χ1n) is 9.33. The molecule has 6 heteroatoms. The van der Waals surface area contributed by atoms with Gasteiger partial charge in [-0.1, -0.05) is 13.3 Å². The zero-order chi connectivity index (χ0) is 19.3. The number of nitrogens with zero attached hydrogens (tertiary/aromatic N) is 3. The number of unbranched alkanes of at least 4 members (excludes halogenated alkanes) is 1. The molecule has 0 aliphatic rings. The Kier molecular flexibility index (Phi) is 5.19. The second-order valence-electron chi connectivity index (χ2n) is 6.46. The molecular weight excluding hydrogens is 355 g/mol. The lowest BCUT2D eigenvalue weighted by atomic mass is 10.1. The highest BCUT2D eigenvalue weighted by molar-refractivity contribution is 5.79. The molecule has 0 spiro atoms. The molecule has 0 atom stereocenters. The van der Waals surface area contributed by atoms with Crippen molar-refractivity contribution in [1.29, 1.82) is 0 Å². The van der Waals surface area contributed by atoms with Gasteiger partial charge in [0, 0.05) is 23.6 Å². The Hall–Kier alpha value is -3.41. The van der Waals surface area contributed by atoms with Gasteiger partial charge in [0.2, 0.25) is 5.78 Å². The van der Waals surface area contributed by atoms with Crippen LogP contribution >= 0.6 is 0 Å². The summed E-state index contributed by atoms with van der Waals surface area (Å²) in [7, 11) is 0. The van der Waals surface area contributed by atoms with Crippen LogP contribution in [0, 0.1) is 5.82 Å². The van der Waals surface area contributed by atoms with E-state index >= 15 is 0 Å². The Morgan fingerprint density at radius 2 is 1.86 bits per heavy atom. The van der Waals surface area contributed by atoms with Gasteiger partial charge in [-0.15, -0.1) is 0 Å². The number of hydrogen-bond acceptors (Lipinski definition) is 4. The fourth-order valence-corrected chi connectivity index (χ4v) is 2.92. The Morgan fingerprint density at radius 1 is 1.07 bits per heavy atom. The lowest BCUT2D eigenvalue weighted by Gasteiger charge is -2.10. The van der Waals surface area contributed by atoms with Gasteiger partial charge in [0.1, 0.15) is 23.1 Å². The van der Waals surface area contributed by atoms with Crippen LogP contribution in [-0.4, -0.2) is 21.0 Å². The van der Waals surface area contributed by atoms with Crippen molar-refractivity contribution in [2.75, 3.05) is 11.9 Å². The fourth-order valence-electron chi connectivity index (χ4n) is 2.92.